The van der Waals surface area contributed by atoms with E-state index in [1.165, 1.54) is 16.7 Å². The molecule has 5 nitrogen and oxygen atoms in total. The van der Waals surface area contributed by atoms with E-state index < -0.39 is 0 Å². The first-order chi connectivity index (χ1) is 11.9. The molecule has 0 saturated heterocycles. The van der Waals surface area contributed by atoms with E-state index in [2.05, 4.69) is 75.8 Å². The zero-order valence-corrected chi connectivity index (χ0v) is 17.2. The standard InChI is InChI=1S/C20H37N5/c1-9-15(6)18(21-7)17(19(22-10-2)23-11-3)16(14(4)5)20-24-12-13-25(20)8/h12,15,19-20,22-23H,7,9-11,13H2,1-6,8H3/b18-17-. The fourth-order valence-electron chi connectivity index (χ4n) is 3.28. The molecule has 25 heavy (non-hydrogen) atoms. The van der Waals surface area contributed by atoms with E-state index in [0.29, 0.717) is 5.92 Å². The van der Waals surface area contributed by atoms with Gasteiger partial charge in [0.2, 0.25) is 0 Å². The Balaban J connectivity index is 3.61. The maximum Gasteiger partial charge on any atom is 0.128 e. The number of rotatable bonds is 10. The maximum absolute atomic E-state index is 4.75. The minimum Gasteiger partial charge on any atom is -0.298 e. The maximum atomic E-state index is 4.75. The smallest absolute Gasteiger partial charge is 0.128 e. The zero-order valence-electron chi connectivity index (χ0n) is 17.2. The molecule has 0 spiro atoms. The molecule has 0 aromatic carbocycles. The molecule has 2 atom stereocenters. The SMILES string of the molecule is C=N/C(=C(/C(=C(C)C)C1N=CCN1C)C(NCC)NCC)C(C)CC. The van der Waals surface area contributed by atoms with Gasteiger partial charge in [0.05, 0.1) is 6.17 Å². The van der Waals surface area contributed by atoms with Crippen LogP contribution in [0.15, 0.2) is 32.4 Å². The lowest BCUT2D eigenvalue weighted by atomic mass is 9.89. The molecule has 0 fully saturated rings. The molecule has 0 amide bonds. The third-order valence-electron chi connectivity index (χ3n) is 4.75. The van der Waals surface area contributed by atoms with Crippen molar-refractivity contribution in [2.75, 3.05) is 26.7 Å². The van der Waals surface area contributed by atoms with Crippen molar-refractivity contribution < 1.29 is 0 Å². The van der Waals surface area contributed by atoms with Crippen molar-refractivity contribution in [2.45, 2.75) is 60.3 Å². The van der Waals surface area contributed by atoms with E-state index in [-0.39, 0.29) is 12.3 Å². The number of allylic oxidation sites excluding steroid dienone is 2. The molecule has 0 aromatic rings. The van der Waals surface area contributed by atoms with E-state index in [4.69, 9.17) is 4.99 Å². The molecule has 2 unspecified atom stereocenters. The molecule has 0 aromatic heterocycles. The summed E-state index contributed by atoms with van der Waals surface area (Å²) in [4.78, 5) is 11.5. The predicted octanol–water partition coefficient (Wildman–Crippen LogP) is 3.21. The molecule has 1 aliphatic rings. The van der Waals surface area contributed by atoms with Gasteiger partial charge < -0.3 is 0 Å². The Kier molecular flexibility index (Phi) is 9.25. The lowest BCUT2D eigenvalue weighted by Crippen LogP contribution is -2.46. The van der Waals surface area contributed by atoms with Crippen molar-refractivity contribution in [1.29, 1.82) is 0 Å². The van der Waals surface area contributed by atoms with Crippen LogP contribution in [-0.4, -0.2) is 56.8 Å². The van der Waals surface area contributed by atoms with Crippen molar-refractivity contribution in [2.24, 2.45) is 15.9 Å². The average Bonchev–Trinajstić information content (AvgIpc) is 2.99. The number of hydrogen-bond donors (Lipinski definition) is 2. The van der Waals surface area contributed by atoms with Crippen LogP contribution in [0.3, 0.4) is 0 Å². The largest absolute Gasteiger partial charge is 0.298 e. The quantitative estimate of drug-likeness (QED) is 0.362. The summed E-state index contributed by atoms with van der Waals surface area (Å²) in [6.45, 7) is 19.6. The van der Waals surface area contributed by atoms with Crippen molar-refractivity contribution in [3.05, 3.63) is 22.4 Å². The topological polar surface area (TPSA) is 52.0 Å². The second-order valence-electron chi connectivity index (χ2n) is 6.87. The summed E-state index contributed by atoms with van der Waals surface area (Å²) in [5, 5.41) is 7.18. The Labute approximate surface area is 154 Å². The van der Waals surface area contributed by atoms with Crippen LogP contribution in [0.2, 0.25) is 0 Å². The Morgan fingerprint density at radius 2 is 1.88 bits per heavy atom. The highest BCUT2D eigenvalue weighted by Gasteiger charge is 2.31. The summed E-state index contributed by atoms with van der Waals surface area (Å²) >= 11 is 0. The number of aliphatic imine (C=N–C) groups is 2. The van der Waals surface area contributed by atoms with Crippen LogP contribution < -0.4 is 10.6 Å². The first-order valence-electron chi connectivity index (χ1n) is 9.49. The molecule has 142 valence electrons. The molecule has 1 rings (SSSR count). The lowest BCUT2D eigenvalue weighted by Gasteiger charge is -2.32. The third kappa shape index (κ3) is 5.33. The highest BCUT2D eigenvalue weighted by molar-refractivity contribution is 5.64. The Hall–Kier alpha value is -1.30. The molecule has 0 aliphatic carbocycles. The molecule has 1 heterocycles. The zero-order chi connectivity index (χ0) is 19.0. The van der Waals surface area contributed by atoms with E-state index in [0.717, 1.165) is 31.8 Å². The fourth-order valence-corrected chi connectivity index (χ4v) is 3.28. The van der Waals surface area contributed by atoms with Crippen LogP contribution in [-0.2, 0) is 0 Å². The van der Waals surface area contributed by atoms with Crippen LogP contribution in [0.25, 0.3) is 0 Å². The van der Waals surface area contributed by atoms with Gasteiger partial charge in [-0.25, -0.2) is 0 Å². The molecular formula is C20H37N5. The van der Waals surface area contributed by atoms with Gasteiger partial charge in [-0.05, 0) is 58.6 Å². The van der Waals surface area contributed by atoms with Crippen molar-refractivity contribution >= 4 is 12.9 Å². The van der Waals surface area contributed by atoms with E-state index in [1.807, 2.05) is 6.21 Å². The van der Waals surface area contributed by atoms with Gasteiger partial charge in [-0.2, -0.15) is 0 Å². The van der Waals surface area contributed by atoms with Crippen LogP contribution in [0.1, 0.15) is 48.0 Å². The van der Waals surface area contributed by atoms with Gasteiger partial charge in [-0.1, -0.05) is 33.3 Å². The fraction of sp³-hybridized carbons (Fsp3) is 0.700. The molecule has 0 radical (unpaired) electrons. The number of hydrogen-bond acceptors (Lipinski definition) is 5. The number of nitrogens with zero attached hydrogens (tertiary/aromatic N) is 3. The minimum absolute atomic E-state index is 0.0404. The lowest BCUT2D eigenvalue weighted by molar-refractivity contribution is 0.337. The second-order valence-corrected chi connectivity index (χ2v) is 6.87. The molecule has 0 bridgehead atoms. The second kappa shape index (κ2) is 10.6. The number of likely N-dealkylation sites (N-methyl/N-ethyl adjacent to an activating group) is 3. The molecule has 1 aliphatic heterocycles. The summed E-state index contributed by atoms with van der Waals surface area (Å²) in [6.07, 6.45) is 3.12. The highest BCUT2D eigenvalue weighted by Crippen LogP contribution is 2.33. The normalized spacial score (nSPS) is 19.9. The Bertz CT molecular complexity index is 522. The van der Waals surface area contributed by atoms with E-state index >= 15 is 0 Å². The molecular weight excluding hydrogens is 310 g/mol. The van der Waals surface area contributed by atoms with Crippen LogP contribution in [0, 0.1) is 5.92 Å². The number of nitrogens with one attached hydrogen (secondary N) is 2. The van der Waals surface area contributed by atoms with Crippen LogP contribution in [0.5, 0.6) is 0 Å². The molecule has 5 heteroatoms. The van der Waals surface area contributed by atoms with Gasteiger partial charge in [-0.15, -0.1) is 0 Å². The van der Waals surface area contributed by atoms with Gasteiger partial charge >= 0.3 is 0 Å². The first-order valence-corrected chi connectivity index (χ1v) is 9.49. The predicted molar refractivity (Wildman–Crippen MR) is 110 cm³/mol. The Morgan fingerprint density at radius 1 is 1.28 bits per heavy atom. The third-order valence-corrected chi connectivity index (χ3v) is 4.75. The van der Waals surface area contributed by atoms with Crippen molar-refractivity contribution in [1.82, 2.24) is 15.5 Å². The van der Waals surface area contributed by atoms with E-state index in [1.54, 1.807) is 0 Å². The summed E-state index contributed by atoms with van der Waals surface area (Å²) < 4.78 is 0. The minimum atomic E-state index is 0.0404. The molecule has 2 N–H and O–H groups in total. The summed E-state index contributed by atoms with van der Waals surface area (Å²) in [7, 11) is 2.12. The van der Waals surface area contributed by atoms with Crippen molar-refractivity contribution in [3.63, 3.8) is 0 Å². The molecule has 0 saturated carbocycles. The van der Waals surface area contributed by atoms with Crippen LogP contribution >= 0.6 is 0 Å². The van der Waals surface area contributed by atoms with Crippen molar-refractivity contribution in [3.8, 4) is 0 Å². The Morgan fingerprint density at radius 3 is 2.24 bits per heavy atom. The monoisotopic (exact) mass is 347 g/mol. The summed E-state index contributed by atoms with van der Waals surface area (Å²) in [5.41, 5.74) is 4.81. The van der Waals surface area contributed by atoms with E-state index in [9.17, 15) is 0 Å². The highest BCUT2D eigenvalue weighted by atomic mass is 15.3. The van der Waals surface area contributed by atoms with Gasteiger partial charge in [0.25, 0.3) is 0 Å². The van der Waals surface area contributed by atoms with Gasteiger partial charge in [0, 0.05) is 24.0 Å². The van der Waals surface area contributed by atoms with Gasteiger partial charge in [0.1, 0.15) is 6.17 Å². The summed E-state index contributed by atoms with van der Waals surface area (Å²) in [5.74, 6) is 0.345. The first kappa shape index (κ1) is 21.7. The van der Waals surface area contributed by atoms with Crippen LogP contribution in [0.4, 0.5) is 0 Å². The summed E-state index contributed by atoms with van der Waals surface area (Å²) in [6, 6.07) is 0. The average molecular weight is 348 g/mol. The van der Waals surface area contributed by atoms with Gasteiger partial charge in [0.15, 0.2) is 0 Å². The van der Waals surface area contributed by atoms with Gasteiger partial charge in [-0.3, -0.25) is 25.5 Å².